The van der Waals surface area contributed by atoms with Gasteiger partial charge in [-0.25, -0.2) is 0 Å². The molecule has 0 fully saturated rings. The van der Waals surface area contributed by atoms with Crippen LogP contribution < -0.4 is 5.30 Å². The summed E-state index contributed by atoms with van der Waals surface area (Å²) >= 11 is 0. The van der Waals surface area contributed by atoms with E-state index in [1.807, 2.05) is 0 Å². The van der Waals surface area contributed by atoms with Gasteiger partial charge in [-0.2, -0.15) is 0 Å². The molecule has 0 atom stereocenters. The monoisotopic (exact) mass is 496 g/mol. The third-order valence-electron chi connectivity index (χ3n) is 4.09. The molecule has 1 aliphatic carbocycles. The summed E-state index contributed by atoms with van der Waals surface area (Å²) in [5, 5.41) is 1.48. The molecule has 0 nitrogen and oxygen atoms in total. The van der Waals surface area contributed by atoms with Gasteiger partial charge in [0.25, 0.3) is 0 Å². The van der Waals surface area contributed by atoms with Gasteiger partial charge in [-0.05, 0) is 57.5 Å². The molecule has 2 radical (unpaired) electrons. The van der Waals surface area contributed by atoms with Crippen molar-refractivity contribution in [2.75, 3.05) is 13.3 Å². The van der Waals surface area contributed by atoms with Gasteiger partial charge in [-0.1, -0.05) is 56.3 Å². The third kappa shape index (κ3) is 6.91. The number of rotatable bonds is 1. The second kappa shape index (κ2) is 12.2. The van der Waals surface area contributed by atoms with Crippen molar-refractivity contribution in [3.05, 3.63) is 73.4 Å². The van der Waals surface area contributed by atoms with Crippen LogP contribution in [-0.2, 0) is 20.1 Å². The van der Waals surface area contributed by atoms with E-state index >= 15 is 0 Å². The fraction of sp³-hybridized carbons (Fsp3) is 0.350. The summed E-state index contributed by atoms with van der Waals surface area (Å²) in [6.07, 6.45) is 0. The zero-order valence-electron chi connectivity index (χ0n) is 15.7. The first kappa shape index (κ1) is 26.7. The van der Waals surface area contributed by atoms with Crippen LogP contribution in [0.25, 0.3) is 0 Å². The van der Waals surface area contributed by atoms with Crippen molar-refractivity contribution in [2.24, 2.45) is 0 Å². The average Bonchev–Trinajstić information content (AvgIpc) is 2.59. The van der Waals surface area contributed by atoms with E-state index in [2.05, 4.69) is 78.3 Å². The molecule has 128 valence electrons. The second-order valence-electron chi connectivity index (χ2n) is 5.35. The Morgan fingerprint density at radius 2 is 1.00 bits per heavy atom. The molecule has 1 aromatic rings. The topological polar surface area (TPSA) is 0 Å². The summed E-state index contributed by atoms with van der Waals surface area (Å²) in [5.41, 5.74) is 5.87. The van der Waals surface area contributed by atoms with Crippen molar-refractivity contribution in [3.63, 3.8) is 0 Å². The Labute approximate surface area is 154 Å². The molecule has 2 heteroatoms. The van der Waals surface area contributed by atoms with Crippen LogP contribution in [0.4, 0.5) is 0 Å². The molecule has 0 aromatic heterocycles. The number of hydrogen-bond acceptors (Lipinski definition) is 0. The first-order chi connectivity index (χ1) is 8.86. The van der Waals surface area contributed by atoms with Gasteiger partial charge in [-0.15, -0.1) is 0 Å². The minimum Gasteiger partial charge on any atom is -0.358 e. The molecule has 0 spiro atoms. The summed E-state index contributed by atoms with van der Waals surface area (Å²) < 4.78 is 0. The maximum atomic E-state index is 2.27. The average molecular weight is 496 g/mol. The molecule has 0 amide bonds. The normalized spacial score (nSPS) is 13.8. The van der Waals surface area contributed by atoms with Crippen LogP contribution >= 0.6 is 7.92 Å². The predicted molar refractivity (Wildman–Crippen MR) is 103 cm³/mol. The molecule has 0 saturated carbocycles. The van der Waals surface area contributed by atoms with Gasteiger partial charge in [0.2, 0.25) is 0 Å². The summed E-state index contributed by atoms with van der Waals surface area (Å²) in [6, 6.07) is 10.6. The molecule has 0 N–H and O–H groups in total. The van der Waals surface area contributed by atoms with Crippen LogP contribution in [0.2, 0.25) is 0 Å². The van der Waals surface area contributed by atoms with Crippen molar-refractivity contribution < 1.29 is 20.1 Å². The largest absolute Gasteiger partial charge is 0.358 e. The quantitative estimate of drug-likeness (QED) is 0.321. The summed E-state index contributed by atoms with van der Waals surface area (Å²) in [7, 11) is 0.104. The van der Waals surface area contributed by atoms with Crippen LogP contribution in [0.1, 0.15) is 34.6 Å². The number of benzene rings is 1. The van der Waals surface area contributed by atoms with Crippen LogP contribution in [0.15, 0.2) is 52.6 Å². The molecule has 0 saturated heterocycles. The van der Waals surface area contributed by atoms with Crippen LogP contribution in [0, 0.1) is 20.8 Å². The molecule has 22 heavy (non-hydrogen) atoms. The Kier molecular flexibility index (Phi) is 14.8. The summed E-state index contributed by atoms with van der Waals surface area (Å²) in [4.78, 5) is 0. The van der Waals surface area contributed by atoms with Gasteiger partial charge in [0.1, 0.15) is 0 Å². The van der Waals surface area contributed by atoms with E-state index in [4.69, 9.17) is 0 Å². The Balaban J connectivity index is -0.000000290. The molecule has 0 heterocycles. The van der Waals surface area contributed by atoms with E-state index in [1.54, 1.807) is 0 Å². The van der Waals surface area contributed by atoms with Crippen LogP contribution in [0.5, 0.6) is 0 Å². The van der Waals surface area contributed by atoms with E-state index in [9.17, 15) is 0 Å². The maximum absolute atomic E-state index is 2.27. The molecular formula is C20H32IrP-2. The Morgan fingerprint density at radius 1 is 0.636 bits per heavy atom. The van der Waals surface area contributed by atoms with Gasteiger partial charge in [-0.3, -0.25) is 0 Å². The van der Waals surface area contributed by atoms with Crippen molar-refractivity contribution in [1.29, 1.82) is 0 Å². The Hall–Kier alpha value is -0.221. The molecule has 0 aliphatic heterocycles. The molecule has 1 aliphatic rings. The van der Waals surface area contributed by atoms with Crippen molar-refractivity contribution in [2.45, 2.75) is 34.6 Å². The zero-order valence-corrected chi connectivity index (χ0v) is 19.0. The smallest absolute Gasteiger partial charge is 0.0226 e. The molecule has 0 unspecified atom stereocenters. The maximum Gasteiger partial charge on any atom is 0.0226 e. The van der Waals surface area contributed by atoms with Crippen LogP contribution in [0.3, 0.4) is 0 Å². The summed E-state index contributed by atoms with van der Waals surface area (Å²) in [5.74, 6) is 1.47. The summed E-state index contributed by atoms with van der Waals surface area (Å²) in [6.45, 7) is 15.5. The van der Waals surface area contributed by atoms with E-state index in [1.165, 1.54) is 33.5 Å². The number of allylic oxidation sites excluding steroid dienone is 4. The third-order valence-corrected chi connectivity index (χ3v) is 5.42. The molecule has 2 rings (SSSR count). The van der Waals surface area contributed by atoms with Gasteiger partial charge in [0.05, 0.1) is 0 Å². The fourth-order valence-corrected chi connectivity index (χ4v) is 2.90. The standard InChI is InChI=1S/C10H15.C8H11P.2CH3.Ir/c1-6-7(2)9(4)10(5)8(6)3;1-9(2)8-6-4-3-5-7-8;;;/h1-5H3;3-7H,1-2H3;2*1H3;/q;;2*-1;. The SMILES string of the molecule is CP(C)c1ccccc1.C[C]1C(C)=C(C)C(C)=C1C.[CH3-].[CH3-].[Ir]. The van der Waals surface area contributed by atoms with E-state index in [0.717, 1.165) is 0 Å². The van der Waals surface area contributed by atoms with E-state index < -0.39 is 0 Å². The van der Waals surface area contributed by atoms with Gasteiger partial charge in [0.15, 0.2) is 0 Å². The first-order valence-electron chi connectivity index (χ1n) is 6.78. The number of hydrogen-bond donors (Lipinski definition) is 0. The second-order valence-corrected chi connectivity index (χ2v) is 7.66. The fourth-order valence-electron chi connectivity index (χ4n) is 2.13. The van der Waals surface area contributed by atoms with E-state index in [0.29, 0.717) is 0 Å². The zero-order chi connectivity index (χ0) is 14.6. The van der Waals surface area contributed by atoms with Gasteiger partial charge < -0.3 is 14.9 Å². The van der Waals surface area contributed by atoms with Crippen molar-refractivity contribution in [3.8, 4) is 0 Å². The molecule has 0 bridgehead atoms. The van der Waals surface area contributed by atoms with Crippen molar-refractivity contribution in [1.82, 2.24) is 0 Å². The Morgan fingerprint density at radius 3 is 1.18 bits per heavy atom. The van der Waals surface area contributed by atoms with Crippen molar-refractivity contribution >= 4 is 13.2 Å². The molecular weight excluding hydrogens is 463 g/mol. The Bertz CT molecular complexity index is 460. The first-order valence-corrected chi connectivity index (χ1v) is 9.01. The predicted octanol–water partition coefficient (Wildman–Crippen LogP) is 6.22. The molecule has 1 aromatic carbocycles. The van der Waals surface area contributed by atoms with Crippen LogP contribution in [-0.4, -0.2) is 13.3 Å². The van der Waals surface area contributed by atoms with Gasteiger partial charge >= 0.3 is 0 Å². The minimum absolute atomic E-state index is 0. The van der Waals surface area contributed by atoms with Gasteiger partial charge in [0, 0.05) is 26.0 Å². The minimum atomic E-state index is 0. The van der Waals surface area contributed by atoms with E-state index in [-0.39, 0.29) is 42.9 Å².